The third-order valence-corrected chi connectivity index (χ3v) is 2.04. The van der Waals surface area contributed by atoms with Gasteiger partial charge < -0.3 is 15.2 Å². The third-order valence-electron chi connectivity index (χ3n) is 2.04. The van der Waals surface area contributed by atoms with E-state index in [1.54, 1.807) is 13.2 Å². The zero-order chi connectivity index (χ0) is 12.7. The number of aromatic carboxylic acids is 1. The summed E-state index contributed by atoms with van der Waals surface area (Å²) in [6.07, 6.45) is 2.23. The number of carboxylic acids is 1. The van der Waals surface area contributed by atoms with Gasteiger partial charge in [0.15, 0.2) is 5.69 Å². The van der Waals surface area contributed by atoms with Crippen LogP contribution in [0, 0.1) is 0 Å². The molecule has 0 saturated carbocycles. The van der Waals surface area contributed by atoms with Crippen molar-refractivity contribution in [3.8, 4) is 0 Å². The summed E-state index contributed by atoms with van der Waals surface area (Å²) in [5.74, 6) is -1.42. The first-order valence-corrected chi connectivity index (χ1v) is 5.12. The van der Waals surface area contributed by atoms with Gasteiger partial charge >= 0.3 is 5.97 Å². The molecule has 0 radical (unpaired) electrons. The summed E-state index contributed by atoms with van der Waals surface area (Å²) in [6.45, 7) is 0.492. The van der Waals surface area contributed by atoms with Gasteiger partial charge in [-0.25, -0.2) is 9.78 Å². The summed E-state index contributed by atoms with van der Waals surface area (Å²) in [7, 11) is 1.56. The molecule has 0 fully saturated rings. The Morgan fingerprint density at radius 1 is 1.53 bits per heavy atom. The molecule has 0 aliphatic carbocycles. The van der Waals surface area contributed by atoms with Gasteiger partial charge in [0.25, 0.3) is 0 Å². The monoisotopic (exact) mass is 238 g/mol. The first kappa shape index (κ1) is 13.1. The molecule has 0 atom stereocenters. The summed E-state index contributed by atoms with van der Waals surface area (Å²) in [5.41, 5.74) is 0.0509. The summed E-state index contributed by atoms with van der Waals surface area (Å²) in [4.78, 5) is 26.0. The van der Waals surface area contributed by atoms with E-state index >= 15 is 0 Å². The van der Waals surface area contributed by atoms with Crippen LogP contribution in [0.4, 0.5) is 5.69 Å². The Hall–Kier alpha value is -1.95. The van der Waals surface area contributed by atoms with Gasteiger partial charge in [0.2, 0.25) is 5.91 Å². The first-order valence-electron chi connectivity index (χ1n) is 5.12. The summed E-state index contributed by atoms with van der Waals surface area (Å²) >= 11 is 0. The molecule has 1 aromatic heterocycles. The third kappa shape index (κ3) is 4.20. The fourth-order valence-electron chi connectivity index (χ4n) is 1.27. The standard InChI is InChI=1S/C11H14N2O4/c1-17-7-3-5-9(14)13-8-4-2-6-12-10(8)11(15)16/h2,4,6H,3,5,7H2,1H3,(H,13,14)(H,15,16). The predicted octanol–water partition coefficient (Wildman–Crippen LogP) is 1.14. The van der Waals surface area contributed by atoms with Gasteiger partial charge in [-0.05, 0) is 18.6 Å². The number of aromatic nitrogens is 1. The number of carboxylic acid groups (broad SMARTS) is 1. The van der Waals surface area contributed by atoms with Crippen LogP contribution in [0.25, 0.3) is 0 Å². The minimum atomic E-state index is -1.17. The highest BCUT2D eigenvalue weighted by Gasteiger charge is 2.12. The van der Waals surface area contributed by atoms with Crippen molar-refractivity contribution in [2.75, 3.05) is 19.0 Å². The molecule has 6 nitrogen and oxygen atoms in total. The lowest BCUT2D eigenvalue weighted by atomic mass is 10.2. The van der Waals surface area contributed by atoms with Crippen LogP contribution < -0.4 is 5.32 Å². The van der Waals surface area contributed by atoms with Gasteiger partial charge in [-0.15, -0.1) is 0 Å². The Kier molecular flexibility index (Phi) is 5.09. The number of carbonyl (C=O) groups excluding carboxylic acids is 1. The van der Waals surface area contributed by atoms with Gasteiger partial charge in [0.05, 0.1) is 5.69 Å². The molecule has 0 aliphatic heterocycles. The molecule has 1 rings (SSSR count). The summed E-state index contributed by atoms with van der Waals surface area (Å²) < 4.78 is 4.82. The maximum atomic E-state index is 11.5. The van der Waals surface area contributed by atoms with Crippen molar-refractivity contribution in [3.05, 3.63) is 24.0 Å². The highest BCUT2D eigenvalue weighted by molar-refractivity contribution is 5.98. The molecular weight excluding hydrogens is 224 g/mol. The molecule has 0 bridgehead atoms. The fraction of sp³-hybridized carbons (Fsp3) is 0.364. The van der Waals surface area contributed by atoms with Crippen LogP contribution in [-0.4, -0.2) is 35.7 Å². The maximum absolute atomic E-state index is 11.5. The minimum absolute atomic E-state index is 0.160. The number of ether oxygens (including phenoxy) is 1. The lowest BCUT2D eigenvalue weighted by molar-refractivity contribution is -0.116. The SMILES string of the molecule is COCCCC(=O)Nc1cccnc1C(=O)O. The number of amides is 1. The van der Waals surface area contributed by atoms with Gasteiger partial charge in [-0.2, -0.15) is 0 Å². The van der Waals surface area contributed by atoms with E-state index in [1.165, 1.54) is 12.3 Å². The van der Waals surface area contributed by atoms with Crippen LogP contribution in [0.5, 0.6) is 0 Å². The highest BCUT2D eigenvalue weighted by atomic mass is 16.5. The second kappa shape index (κ2) is 6.59. The van der Waals surface area contributed by atoms with Crippen molar-refractivity contribution >= 4 is 17.6 Å². The topological polar surface area (TPSA) is 88.5 Å². The Labute approximate surface area is 98.6 Å². The molecule has 2 N–H and O–H groups in total. The van der Waals surface area contributed by atoms with Crippen molar-refractivity contribution < 1.29 is 19.4 Å². The molecule has 17 heavy (non-hydrogen) atoms. The lowest BCUT2D eigenvalue weighted by Crippen LogP contribution is -2.15. The second-order valence-corrected chi connectivity index (χ2v) is 3.35. The van der Waals surface area contributed by atoms with E-state index in [1.807, 2.05) is 0 Å². The van der Waals surface area contributed by atoms with E-state index in [-0.39, 0.29) is 23.7 Å². The largest absolute Gasteiger partial charge is 0.476 e. The molecular formula is C11H14N2O4. The van der Waals surface area contributed by atoms with Crippen LogP contribution in [0.1, 0.15) is 23.3 Å². The zero-order valence-electron chi connectivity index (χ0n) is 9.47. The number of hydrogen-bond acceptors (Lipinski definition) is 4. The van der Waals surface area contributed by atoms with Crippen molar-refractivity contribution in [1.29, 1.82) is 0 Å². The summed E-state index contributed by atoms with van der Waals surface area (Å²) in [5, 5.41) is 11.4. The Balaban J connectivity index is 2.61. The molecule has 1 aromatic rings. The van der Waals surface area contributed by atoms with E-state index in [4.69, 9.17) is 9.84 Å². The number of nitrogens with zero attached hydrogens (tertiary/aromatic N) is 1. The van der Waals surface area contributed by atoms with Crippen LogP contribution in [0.3, 0.4) is 0 Å². The maximum Gasteiger partial charge on any atom is 0.356 e. The van der Waals surface area contributed by atoms with Crippen molar-refractivity contribution in [2.24, 2.45) is 0 Å². The van der Waals surface area contributed by atoms with Crippen molar-refractivity contribution in [3.63, 3.8) is 0 Å². The molecule has 0 saturated heterocycles. The van der Waals surface area contributed by atoms with Crippen LogP contribution >= 0.6 is 0 Å². The number of rotatable bonds is 6. The van der Waals surface area contributed by atoms with E-state index in [9.17, 15) is 9.59 Å². The van der Waals surface area contributed by atoms with Gasteiger partial charge in [0, 0.05) is 26.3 Å². The average Bonchev–Trinajstić information content (AvgIpc) is 2.29. The van der Waals surface area contributed by atoms with Crippen molar-refractivity contribution in [2.45, 2.75) is 12.8 Å². The van der Waals surface area contributed by atoms with E-state index in [2.05, 4.69) is 10.3 Å². The number of methoxy groups -OCH3 is 1. The first-order chi connectivity index (χ1) is 8.15. The van der Waals surface area contributed by atoms with E-state index in [0.717, 1.165) is 0 Å². The number of carbonyl (C=O) groups is 2. The number of hydrogen-bond donors (Lipinski definition) is 2. The number of anilines is 1. The minimum Gasteiger partial charge on any atom is -0.476 e. The fourth-order valence-corrected chi connectivity index (χ4v) is 1.27. The van der Waals surface area contributed by atoms with Gasteiger partial charge in [-0.1, -0.05) is 0 Å². The molecule has 0 spiro atoms. The smallest absolute Gasteiger partial charge is 0.356 e. The van der Waals surface area contributed by atoms with Crippen LogP contribution in [-0.2, 0) is 9.53 Å². The van der Waals surface area contributed by atoms with Crippen LogP contribution in [0.2, 0.25) is 0 Å². The zero-order valence-corrected chi connectivity index (χ0v) is 9.47. The Morgan fingerprint density at radius 3 is 2.94 bits per heavy atom. The van der Waals surface area contributed by atoms with Crippen molar-refractivity contribution in [1.82, 2.24) is 4.98 Å². The molecule has 0 aromatic carbocycles. The Morgan fingerprint density at radius 2 is 2.29 bits per heavy atom. The van der Waals surface area contributed by atoms with E-state index in [0.29, 0.717) is 13.0 Å². The quantitative estimate of drug-likeness (QED) is 0.725. The molecule has 1 heterocycles. The second-order valence-electron chi connectivity index (χ2n) is 3.35. The molecule has 6 heteroatoms. The molecule has 92 valence electrons. The van der Waals surface area contributed by atoms with E-state index < -0.39 is 5.97 Å². The molecule has 1 amide bonds. The Bertz CT molecular complexity index is 406. The number of nitrogens with one attached hydrogen (secondary N) is 1. The molecule has 0 aliphatic rings. The average molecular weight is 238 g/mol. The summed E-state index contributed by atoms with van der Waals surface area (Å²) in [6, 6.07) is 3.07. The highest BCUT2D eigenvalue weighted by Crippen LogP contribution is 2.12. The van der Waals surface area contributed by atoms with Gasteiger partial charge in [-0.3, -0.25) is 4.79 Å². The predicted molar refractivity (Wildman–Crippen MR) is 60.9 cm³/mol. The van der Waals surface area contributed by atoms with Crippen LogP contribution in [0.15, 0.2) is 18.3 Å². The number of pyridine rings is 1. The molecule has 0 unspecified atom stereocenters. The lowest BCUT2D eigenvalue weighted by Gasteiger charge is -2.06. The normalized spacial score (nSPS) is 9.94. The van der Waals surface area contributed by atoms with Gasteiger partial charge in [0.1, 0.15) is 0 Å².